The minimum absolute atomic E-state index is 0.0949. The Labute approximate surface area is 65.8 Å². The van der Waals surface area contributed by atoms with Gasteiger partial charge in [0.2, 0.25) is 0 Å². The number of carboxylic acid groups (broad SMARTS) is 1. The van der Waals surface area contributed by atoms with Gasteiger partial charge in [0.05, 0.1) is 0 Å². The van der Waals surface area contributed by atoms with E-state index in [1.165, 1.54) is 0 Å². The van der Waals surface area contributed by atoms with E-state index in [1.807, 2.05) is 0 Å². The molecule has 0 bridgehead atoms. The molecule has 1 saturated carbocycles. The Hall–Kier alpha value is -0.770. The zero-order chi connectivity index (χ0) is 8.27. The molecule has 0 heterocycles. The molecule has 64 valence electrons. The van der Waals surface area contributed by atoms with E-state index in [2.05, 4.69) is 5.32 Å². The summed E-state index contributed by atoms with van der Waals surface area (Å²) in [5.74, 6) is 0.353. The van der Waals surface area contributed by atoms with Crippen LogP contribution in [0.1, 0.15) is 19.3 Å². The molecule has 0 unspecified atom stereocenters. The normalized spacial score (nSPS) is 30.3. The zero-order valence-corrected chi connectivity index (χ0v) is 6.42. The Morgan fingerprint density at radius 3 is 2.91 bits per heavy atom. The number of amides is 1. The topological polar surface area (TPSA) is 75.3 Å². The van der Waals surface area contributed by atoms with E-state index < -0.39 is 6.09 Å². The molecule has 0 aromatic carbocycles. The summed E-state index contributed by atoms with van der Waals surface area (Å²) in [6, 6.07) is 0.0949. The first-order chi connectivity index (χ1) is 5.24. The average molecular weight is 158 g/mol. The van der Waals surface area contributed by atoms with Gasteiger partial charge in [0.15, 0.2) is 0 Å². The van der Waals surface area contributed by atoms with Crippen LogP contribution in [0.4, 0.5) is 4.79 Å². The fourth-order valence-corrected chi connectivity index (χ4v) is 1.67. The van der Waals surface area contributed by atoms with Gasteiger partial charge < -0.3 is 16.2 Å². The van der Waals surface area contributed by atoms with Crippen LogP contribution in [-0.4, -0.2) is 23.8 Å². The fraction of sp³-hybridized carbons (Fsp3) is 0.857. The van der Waals surface area contributed by atoms with Crippen LogP contribution in [0, 0.1) is 5.92 Å². The second-order valence-electron chi connectivity index (χ2n) is 2.98. The van der Waals surface area contributed by atoms with Gasteiger partial charge in [-0.1, -0.05) is 6.42 Å². The predicted octanol–water partition coefficient (Wildman–Crippen LogP) is 0.381. The van der Waals surface area contributed by atoms with E-state index in [0.29, 0.717) is 12.5 Å². The molecule has 0 radical (unpaired) electrons. The third-order valence-corrected chi connectivity index (χ3v) is 2.27. The molecule has 1 amide bonds. The molecule has 1 aliphatic rings. The Kier molecular flexibility index (Phi) is 2.70. The van der Waals surface area contributed by atoms with E-state index in [9.17, 15) is 4.79 Å². The minimum Gasteiger partial charge on any atom is -0.465 e. The highest BCUT2D eigenvalue weighted by Gasteiger charge is 2.26. The lowest BCUT2D eigenvalue weighted by Gasteiger charge is -2.16. The van der Waals surface area contributed by atoms with Gasteiger partial charge in [-0.3, -0.25) is 0 Å². The monoisotopic (exact) mass is 158 g/mol. The van der Waals surface area contributed by atoms with E-state index >= 15 is 0 Å². The highest BCUT2D eigenvalue weighted by atomic mass is 16.4. The van der Waals surface area contributed by atoms with Gasteiger partial charge in [-0.15, -0.1) is 0 Å². The van der Waals surface area contributed by atoms with Crippen molar-refractivity contribution in [3.05, 3.63) is 0 Å². The van der Waals surface area contributed by atoms with Crippen molar-refractivity contribution in [2.24, 2.45) is 11.7 Å². The first-order valence-electron chi connectivity index (χ1n) is 3.93. The maximum absolute atomic E-state index is 10.3. The Morgan fingerprint density at radius 2 is 2.36 bits per heavy atom. The summed E-state index contributed by atoms with van der Waals surface area (Å²) >= 11 is 0. The molecular formula is C7H14N2O2. The fourth-order valence-electron chi connectivity index (χ4n) is 1.67. The van der Waals surface area contributed by atoms with Gasteiger partial charge >= 0.3 is 6.09 Å². The number of nitrogens with one attached hydrogen (secondary N) is 1. The van der Waals surface area contributed by atoms with Crippen LogP contribution in [0.25, 0.3) is 0 Å². The number of carbonyl (C=O) groups is 1. The van der Waals surface area contributed by atoms with Crippen molar-refractivity contribution < 1.29 is 9.90 Å². The zero-order valence-electron chi connectivity index (χ0n) is 6.42. The van der Waals surface area contributed by atoms with E-state index in [-0.39, 0.29) is 6.04 Å². The van der Waals surface area contributed by atoms with Crippen molar-refractivity contribution in [1.82, 2.24) is 5.32 Å². The van der Waals surface area contributed by atoms with Crippen molar-refractivity contribution in [2.45, 2.75) is 25.3 Å². The molecule has 4 heteroatoms. The number of hydrogen-bond donors (Lipinski definition) is 3. The van der Waals surface area contributed by atoms with E-state index in [1.54, 1.807) is 0 Å². The summed E-state index contributed by atoms with van der Waals surface area (Å²) in [7, 11) is 0. The lowest BCUT2D eigenvalue weighted by molar-refractivity contribution is 0.186. The third-order valence-electron chi connectivity index (χ3n) is 2.27. The second kappa shape index (κ2) is 3.57. The predicted molar refractivity (Wildman–Crippen MR) is 41.3 cm³/mol. The highest BCUT2D eigenvalue weighted by Crippen LogP contribution is 2.24. The molecule has 0 aliphatic heterocycles. The molecule has 11 heavy (non-hydrogen) atoms. The molecular weight excluding hydrogens is 144 g/mol. The summed E-state index contributed by atoms with van der Waals surface area (Å²) in [6.07, 6.45) is 2.15. The van der Waals surface area contributed by atoms with Crippen LogP contribution in [-0.2, 0) is 0 Å². The number of rotatable bonds is 2. The molecule has 0 aromatic heterocycles. The molecule has 1 fully saturated rings. The van der Waals surface area contributed by atoms with Crippen LogP contribution in [0.3, 0.4) is 0 Å². The van der Waals surface area contributed by atoms with Crippen LogP contribution in [0.5, 0.6) is 0 Å². The number of hydrogen-bond acceptors (Lipinski definition) is 2. The second-order valence-corrected chi connectivity index (χ2v) is 2.98. The van der Waals surface area contributed by atoms with Gasteiger partial charge in [0, 0.05) is 6.04 Å². The van der Waals surface area contributed by atoms with Crippen LogP contribution in [0.2, 0.25) is 0 Å². The molecule has 2 atom stereocenters. The molecule has 4 nitrogen and oxygen atoms in total. The van der Waals surface area contributed by atoms with E-state index in [4.69, 9.17) is 10.8 Å². The largest absolute Gasteiger partial charge is 0.465 e. The van der Waals surface area contributed by atoms with Gasteiger partial charge in [-0.05, 0) is 25.3 Å². The first kappa shape index (κ1) is 8.33. The van der Waals surface area contributed by atoms with Gasteiger partial charge in [0.1, 0.15) is 0 Å². The smallest absolute Gasteiger partial charge is 0.404 e. The molecule has 4 N–H and O–H groups in total. The third kappa shape index (κ3) is 2.08. The summed E-state index contributed by atoms with van der Waals surface area (Å²) in [6.45, 7) is 0.588. The maximum Gasteiger partial charge on any atom is 0.404 e. The van der Waals surface area contributed by atoms with Crippen molar-refractivity contribution in [3.8, 4) is 0 Å². The Balaban J connectivity index is 2.37. The lowest BCUT2D eigenvalue weighted by atomic mass is 10.0. The Morgan fingerprint density at radius 1 is 1.64 bits per heavy atom. The molecule has 1 rings (SSSR count). The standard InChI is InChI=1S/C7H14N2O2/c8-4-5-2-1-3-6(5)9-7(10)11/h5-6,9H,1-4,8H2,(H,10,11)/t5-,6+/m1/s1. The van der Waals surface area contributed by atoms with Crippen LogP contribution in [0.15, 0.2) is 0 Å². The average Bonchev–Trinajstić information content (AvgIpc) is 2.34. The van der Waals surface area contributed by atoms with Crippen molar-refractivity contribution in [1.29, 1.82) is 0 Å². The summed E-state index contributed by atoms with van der Waals surface area (Å²) in [5.41, 5.74) is 5.47. The summed E-state index contributed by atoms with van der Waals surface area (Å²) in [4.78, 5) is 10.3. The summed E-state index contributed by atoms with van der Waals surface area (Å²) in [5, 5.41) is 10.9. The Bertz CT molecular complexity index is 149. The lowest BCUT2D eigenvalue weighted by Crippen LogP contribution is -2.38. The molecule has 0 spiro atoms. The van der Waals surface area contributed by atoms with Crippen molar-refractivity contribution in [2.75, 3.05) is 6.54 Å². The van der Waals surface area contributed by atoms with Crippen LogP contribution < -0.4 is 11.1 Å². The van der Waals surface area contributed by atoms with E-state index in [0.717, 1.165) is 19.3 Å². The number of nitrogens with two attached hydrogens (primary N) is 1. The van der Waals surface area contributed by atoms with Crippen molar-refractivity contribution in [3.63, 3.8) is 0 Å². The highest BCUT2D eigenvalue weighted by molar-refractivity contribution is 5.64. The van der Waals surface area contributed by atoms with Crippen molar-refractivity contribution >= 4 is 6.09 Å². The SMILES string of the molecule is NC[C@H]1CCC[C@@H]1NC(=O)O. The van der Waals surface area contributed by atoms with Gasteiger partial charge in [-0.25, -0.2) is 4.79 Å². The summed E-state index contributed by atoms with van der Waals surface area (Å²) < 4.78 is 0. The van der Waals surface area contributed by atoms with Gasteiger partial charge in [0.25, 0.3) is 0 Å². The van der Waals surface area contributed by atoms with Gasteiger partial charge in [-0.2, -0.15) is 0 Å². The minimum atomic E-state index is -0.935. The van der Waals surface area contributed by atoms with Crippen LogP contribution >= 0.6 is 0 Å². The maximum atomic E-state index is 10.3. The molecule has 0 aromatic rings. The quantitative estimate of drug-likeness (QED) is 0.544. The first-order valence-corrected chi connectivity index (χ1v) is 3.93. The molecule has 0 saturated heterocycles. The molecule has 1 aliphatic carbocycles.